The Kier molecular flexibility index (Phi) is 3.68. The van der Waals surface area contributed by atoms with E-state index < -0.39 is 0 Å². The molecule has 3 nitrogen and oxygen atoms in total. The van der Waals surface area contributed by atoms with Crippen molar-refractivity contribution in [1.82, 2.24) is 9.78 Å². The minimum atomic E-state index is 0.304. The molecule has 0 unspecified atom stereocenters. The number of nitrogens with zero attached hydrogens (tertiary/aromatic N) is 2. The Bertz CT molecular complexity index is 278. The molecule has 1 aromatic heterocycles. The standard InChI is InChI=1S/C10H16N2O/c1-3-5-10(13)6-9-7-11-12(4-2)8-9/h7-8H,3-6H2,1-2H3. The number of aromatic nitrogens is 2. The number of ketones is 1. The molecule has 0 aromatic carbocycles. The van der Waals surface area contributed by atoms with E-state index in [4.69, 9.17) is 0 Å². The van der Waals surface area contributed by atoms with Crippen LogP contribution >= 0.6 is 0 Å². The molecule has 0 spiro atoms. The SMILES string of the molecule is CCCC(=O)Cc1cnn(CC)c1. The predicted molar refractivity (Wildman–Crippen MR) is 51.5 cm³/mol. The average Bonchev–Trinajstić information content (AvgIpc) is 2.52. The second kappa shape index (κ2) is 4.80. The van der Waals surface area contributed by atoms with Crippen LogP contribution in [0.4, 0.5) is 0 Å². The van der Waals surface area contributed by atoms with Crippen LogP contribution in [0.5, 0.6) is 0 Å². The number of rotatable bonds is 5. The van der Waals surface area contributed by atoms with Gasteiger partial charge < -0.3 is 0 Å². The fraction of sp³-hybridized carbons (Fsp3) is 0.600. The third-order valence-corrected chi connectivity index (χ3v) is 1.94. The molecule has 0 aliphatic rings. The molecule has 0 saturated heterocycles. The number of aryl methyl sites for hydroxylation is 1. The van der Waals surface area contributed by atoms with E-state index in [0.29, 0.717) is 18.6 Å². The van der Waals surface area contributed by atoms with Crippen molar-refractivity contribution in [2.75, 3.05) is 0 Å². The van der Waals surface area contributed by atoms with Gasteiger partial charge in [0.1, 0.15) is 5.78 Å². The zero-order valence-corrected chi connectivity index (χ0v) is 8.29. The predicted octanol–water partition coefficient (Wildman–Crippen LogP) is 1.81. The Hall–Kier alpha value is -1.12. The van der Waals surface area contributed by atoms with Gasteiger partial charge >= 0.3 is 0 Å². The van der Waals surface area contributed by atoms with Gasteiger partial charge in [0.2, 0.25) is 0 Å². The largest absolute Gasteiger partial charge is 0.299 e. The quantitative estimate of drug-likeness (QED) is 0.692. The van der Waals surface area contributed by atoms with Crippen LogP contribution in [-0.4, -0.2) is 15.6 Å². The Labute approximate surface area is 78.8 Å². The summed E-state index contributed by atoms with van der Waals surface area (Å²) in [5.41, 5.74) is 1.03. The fourth-order valence-electron chi connectivity index (χ4n) is 1.27. The van der Waals surface area contributed by atoms with E-state index in [1.165, 1.54) is 0 Å². The Morgan fingerprint density at radius 1 is 1.54 bits per heavy atom. The molecule has 13 heavy (non-hydrogen) atoms. The Balaban J connectivity index is 2.49. The zero-order valence-electron chi connectivity index (χ0n) is 8.29. The second-order valence-corrected chi connectivity index (χ2v) is 3.17. The number of carbonyl (C=O) groups is 1. The summed E-state index contributed by atoms with van der Waals surface area (Å²) in [6.45, 7) is 4.92. The normalized spacial score (nSPS) is 10.3. The zero-order chi connectivity index (χ0) is 9.68. The van der Waals surface area contributed by atoms with Gasteiger partial charge in [-0.3, -0.25) is 9.48 Å². The number of hydrogen-bond acceptors (Lipinski definition) is 2. The monoisotopic (exact) mass is 180 g/mol. The van der Waals surface area contributed by atoms with Gasteiger partial charge in [-0.25, -0.2) is 0 Å². The van der Waals surface area contributed by atoms with Gasteiger partial charge in [-0.05, 0) is 18.9 Å². The van der Waals surface area contributed by atoms with E-state index in [2.05, 4.69) is 5.10 Å². The molecule has 0 bridgehead atoms. The number of carbonyl (C=O) groups excluding carboxylic acids is 1. The van der Waals surface area contributed by atoms with Crippen LogP contribution in [0.3, 0.4) is 0 Å². The molecular weight excluding hydrogens is 164 g/mol. The lowest BCUT2D eigenvalue weighted by molar-refractivity contribution is -0.118. The molecule has 0 aliphatic carbocycles. The van der Waals surface area contributed by atoms with Gasteiger partial charge in [0.15, 0.2) is 0 Å². The lowest BCUT2D eigenvalue weighted by Crippen LogP contribution is -2.00. The van der Waals surface area contributed by atoms with Crippen LogP contribution in [0.15, 0.2) is 12.4 Å². The molecular formula is C10H16N2O. The Morgan fingerprint density at radius 2 is 2.31 bits per heavy atom. The minimum absolute atomic E-state index is 0.304. The third-order valence-electron chi connectivity index (χ3n) is 1.94. The summed E-state index contributed by atoms with van der Waals surface area (Å²) >= 11 is 0. The molecule has 1 aromatic rings. The molecule has 0 fully saturated rings. The highest BCUT2D eigenvalue weighted by Gasteiger charge is 2.03. The van der Waals surface area contributed by atoms with Crippen LogP contribution in [0.25, 0.3) is 0 Å². The van der Waals surface area contributed by atoms with E-state index >= 15 is 0 Å². The van der Waals surface area contributed by atoms with Crippen molar-refractivity contribution in [1.29, 1.82) is 0 Å². The summed E-state index contributed by atoms with van der Waals surface area (Å²) in [5, 5.41) is 4.11. The molecule has 0 saturated carbocycles. The van der Waals surface area contributed by atoms with Crippen molar-refractivity contribution in [3.05, 3.63) is 18.0 Å². The van der Waals surface area contributed by atoms with Crippen molar-refractivity contribution in [2.24, 2.45) is 0 Å². The molecule has 1 heterocycles. The summed E-state index contributed by atoms with van der Waals surface area (Å²) < 4.78 is 1.84. The molecule has 0 atom stereocenters. The van der Waals surface area contributed by atoms with Gasteiger partial charge in [-0.2, -0.15) is 5.10 Å². The first-order chi connectivity index (χ1) is 6.26. The summed E-state index contributed by atoms with van der Waals surface area (Å²) in [4.78, 5) is 11.3. The Morgan fingerprint density at radius 3 is 2.85 bits per heavy atom. The first kappa shape index (κ1) is 9.96. The summed E-state index contributed by atoms with van der Waals surface area (Å²) in [6, 6.07) is 0. The van der Waals surface area contributed by atoms with Gasteiger partial charge in [0.25, 0.3) is 0 Å². The van der Waals surface area contributed by atoms with Crippen molar-refractivity contribution in [3.8, 4) is 0 Å². The van der Waals surface area contributed by atoms with E-state index in [9.17, 15) is 4.79 Å². The third kappa shape index (κ3) is 3.01. The maximum atomic E-state index is 11.3. The lowest BCUT2D eigenvalue weighted by atomic mass is 10.1. The summed E-state index contributed by atoms with van der Waals surface area (Å²) in [5.74, 6) is 0.304. The van der Waals surface area contributed by atoms with E-state index in [1.54, 1.807) is 6.20 Å². The number of Topliss-reactive ketones (excluding diaryl/α,β-unsaturated/α-hetero) is 1. The van der Waals surface area contributed by atoms with E-state index in [-0.39, 0.29) is 0 Å². The topological polar surface area (TPSA) is 34.9 Å². The maximum Gasteiger partial charge on any atom is 0.137 e. The van der Waals surface area contributed by atoms with Gasteiger partial charge in [0, 0.05) is 25.6 Å². The van der Waals surface area contributed by atoms with Crippen molar-refractivity contribution < 1.29 is 4.79 Å². The molecule has 0 aliphatic heterocycles. The summed E-state index contributed by atoms with van der Waals surface area (Å²) in [6.07, 6.45) is 5.86. The second-order valence-electron chi connectivity index (χ2n) is 3.17. The lowest BCUT2D eigenvalue weighted by Gasteiger charge is -1.94. The fourth-order valence-corrected chi connectivity index (χ4v) is 1.27. The molecule has 0 radical (unpaired) electrons. The van der Waals surface area contributed by atoms with E-state index in [1.807, 2.05) is 24.7 Å². The average molecular weight is 180 g/mol. The highest BCUT2D eigenvalue weighted by Crippen LogP contribution is 2.02. The highest BCUT2D eigenvalue weighted by atomic mass is 16.1. The van der Waals surface area contributed by atoms with Crippen molar-refractivity contribution in [2.45, 2.75) is 39.7 Å². The molecule has 3 heteroatoms. The van der Waals surface area contributed by atoms with Gasteiger partial charge in [0.05, 0.1) is 6.20 Å². The van der Waals surface area contributed by atoms with Crippen LogP contribution in [-0.2, 0) is 17.8 Å². The van der Waals surface area contributed by atoms with Crippen molar-refractivity contribution in [3.63, 3.8) is 0 Å². The minimum Gasteiger partial charge on any atom is -0.299 e. The van der Waals surface area contributed by atoms with Crippen molar-refractivity contribution >= 4 is 5.78 Å². The molecule has 1 rings (SSSR count). The number of hydrogen-bond donors (Lipinski definition) is 0. The molecule has 72 valence electrons. The van der Waals surface area contributed by atoms with Crippen LogP contribution in [0.2, 0.25) is 0 Å². The van der Waals surface area contributed by atoms with E-state index in [0.717, 1.165) is 18.5 Å². The first-order valence-corrected chi connectivity index (χ1v) is 4.79. The van der Waals surface area contributed by atoms with Gasteiger partial charge in [-0.1, -0.05) is 6.92 Å². The summed E-state index contributed by atoms with van der Waals surface area (Å²) in [7, 11) is 0. The molecule has 0 amide bonds. The smallest absolute Gasteiger partial charge is 0.137 e. The first-order valence-electron chi connectivity index (χ1n) is 4.79. The maximum absolute atomic E-state index is 11.3. The van der Waals surface area contributed by atoms with Gasteiger partial charge in [-0.15, -0.1) is 0 Å². The van der Waals surface area contributed by atoms with Crippen LogP contribution in [0.1, 0.15) is 32.3 Å². The highest BCUT2D eigenvalue weighted by molar-refractivity contribution is 5.80. The van der Waals surface area contributed by atoms with Crippen LogP contribution < -0.4 is 0 Å². The molecule has 0 N–H and O–H groups in total. The van der Waals surface area contributed by atoms with Crippen LogP contribution in [0, 0.1) is 0 Å².